The molecule has 1 fully saturated rings. The second kappa shape index (κ2) is 9.78. The molecular weight excluding hydrogens is 467 g/mol. The third-order valence-corrected chi connectivity index (χ3v) is 8.12. The molecule has 7 heteroatoms. The first-order chi connectivity index (χ1) is 18.0. The van der Waals surface area contributed by atoms with E-state index >= 15 is 0 Å². The van der Waals surface area contributed by atoms with Gasteiger partial charge in [0.25, 0.3) is 5.56 Å². The number of nitrogens with zero attached hydrogens (tertiary/aromatic N) is 4. The molecule has 0 aliphatic carbocycles. The molecule has 6 rings (SSSR count). The first-order valence-electron chi connectivity index (χ1n) is 13.4. The molecule has 2 aliphatic heterocycles. The third kappa shape index (κ3) is 4.46. The van der Waals surface area contributed by atoms with E-state index in [0.717, 1.165) is 31.3 Å². The summed E-state index contributed by atoms with van der Waals surface area (Å²) in [5.41, 5.74) is 5.45. The van der Waals surface area contributed by atoms with Gasteiger partial charge < -0.3 is 9.30 Å². The Morgan fingerprint density at radius 1 is 1.16 bits per heavy atom. The highest BCUT2D eigenvalue weighted by Crippen LogP contribution is 2.38. The van der Waals surface area contributed by atoms with Crippen molar-refractivity contribution in [1.82, 2.24) is 19.0 Å². The number of rotatable bonds is 6. The summed E-state index contributed by atoms with van der Waals surface area (Å²) < 4.78 is 23.0. The smallest absolute Gasteiger partial charge is 0.258 e. The summed E-state index contributed by atoms with van der Waals surface area (Å²) >= 11 is 0. The molecule has 1 aromatic carbocycles. The predicted octanol–water partition coefficient (Wildman–Crippen LogP) is 5.79. The molecule has 2 unspecified atom stereocenters. The zero-order valence-electron chi connectivity index (χ0n) is 21.5. The van der Waals surface area contributed by atoms with Gasteiger partial charge in [-0.2, -0.15) is 0 Å². The van der Waals surface area contributed by atoms with Crippen molar-refractivity contribution < 1.29 is 9.13 Å². The molecule has 0 amide bonds. The van der Waals surface area contributed by atoms with Gasteiger partial charge in [-0.1, -0.05) is 19.4 Å². The molecule has 37 heavy (non-hydrogen) atoms. The third-order valence-electron chi connectivity index (χ3n) is 8.12. The summed E-state index contributed by atoms with van der Waals surface area (Å²) in [6, 6.07) is 13.7. The first kappa shape index (κ1) is 23.9. The van der Waals surface area contributed by atoms with Crippen LogP contribution in [0.4, 0.5) is 4.39 Å². The number of fused-ring (bicyclic) bond motifs is 4. The van der Waals surface area contributed by atoms with Crippen LogP contribution in [-0.2, 0) is 19.6 Å². The SMILES string of the molecule is CCC(C)n1c2c(c3ccc(-n4ccc(OCc5ccc(F)cn5)cc4=O)cc31)CN1CCCCC1C2. The Hall–Kier alpha value is -3.45. The van der Waals surface area contributed by atoms with Crippen molar-refractivity contribution in [1.29, 1.82) is 0 Å². The monoisotopic (exact) mass is 500 g/mol. The predicted molar refractivity (Wildman–Crippen MR) is 143 cm³/mol. The van der Waals surface area contributed by atoms with Crippen LogP contribution in [0.5, 0.6) is 5.75 Å². The van der Waals surface area contributed by atoms with Gasteiger partial charge in [-0.05, 0) is 68.6 Å². The van der Waals surface area contributed by atoms with E-state index in [1.165, 1.54) is 60.1 Å². The number of ether oxygens (including phenoxy) is 1. The van der Waals surface area contributed by atoms with Crippen LogP contribution in [-0.4, -0.2) is 31.6 Å². The van der Waals surface area contributed by atoms with Crippen LogP contribution < -0.4 is 10.3 Å². The fraction of sp³-hybridized carbons (Fsp3) is 0.400. The zero-order valence-corrected chi connectivity index (χ0v) is 21.5. The highest BCUT2D eigenvalue weighted by atomic mass is 19.1. The van der Waals surface area contributed by atoms with Gasteiger partial charge in [-0.3, -0.25) is 19.2 Å². The summed E-state index contributed by atoms with van der Waals surface area (Å²) in [5, 5.41) is 1.31. The highest BCUT2D eigenvalue weighted by Gasteiger charge is 2.33. The largest absolute Gasteiger partial charge is 0.487 e. The molecule has 0 saturated carbocycles. The summed E-state index contributed by atoms with van der Waals surface area (Å²) in [6.07, 6.45) is 8.99. The minimum Gasteiger partial charge on any atom is -0.487 e. The fourth-order valence-electron chi connectivity index (χ4n) is 5.99. The lowest BCUT2D eigenvalue weighted by Gasteiger charge is -2.40. The van der Waals surface area contributed by atoms with Crippen LogP contribution >= 0.6 is 0 Å². The van der Waals surface area contributed by atoms with Crippen molar-refractivity contribution in [2.24, 2.45) is 0 Å². The van der Waals surface area contributed by atoms with Gasteiger partial charge in [0.2, 0.25) is 0 Å². The van der Waals surface area contributed by atoms with Crippen molar-refractivity contribution >= 4 is 10.9 Å². The molecule has 2 aliphatic rings. The maximum atomic E-state index is 13.1. The highest BCUT2D eigenvalue weighted by molar-refractivity contribution is 5.88. The number of hydrogen-bond acceptors (Lipinski definition) is 4. The van der Waals surface area contributed by atoms with E-state index in [0.29, 0.717) is 23.5 Å². The van der Waals surface area contributed by atoms with Crippen molar-refractivity contribution in [2.75, 3.05) is 6.54 Å². The lowest BCUT2D eigenvalue weighted by atomic mass is 9.91. The minimum absolute atomic E-state index is 0.160. The molecule has 2 atom stereocenters. The molecule has 3 aromatic heterocycles. The molecule has 192 valence electrons. The summed E-state index contributed by atoms with van der Waals surface area (Å²) in [4.78, 5) is 19.8. The maximum Gasteiger partial charge on any atom is 0.258 e. The van der Waals surface area contributed by atoms with Crippen LogP contribution in [0.25, 0.3) is 16.6 Å². The molecule has 0 bridgehead atoms. The van der Waals surface area contributed by atoms with Gasteiger partial charge in [-0.15, -0.1) is 0 Å². The molecular formula is C30H33FN4O2. The van der Waals surface area contributed by atoms with Gasteiger partial charge in [0.15, 0.2) is 0 Å². The summed E-state index contributed by atoms with van der Waals surface area (Å²) in [7, 11) is 0. The lowest BCUT2D eigenvalue weighted by molar-refractivity contribution is 0.125. The van der Waals surface area contributed by atoms with Crippen LogP contribution in [0.3, 0.4) is 0 Å². The lowest BCUT2D eigenvalue weighted by Crippen LogP contribution is -2.43. The molecule has 1 saturated heterocycles. The maximum absolute atomic E-state index is 13.1. The van der Waals surface area contributed by atoms with Crippen LogP contribution in [0, 0.1) is 5.82 Å². The number of aromatic nitrogens is 3. The fourth-order valence-corrected chi connectivity index (χ4v) is 5.99. The Morgan fingerprint density at radius 2 is 2.05 bits per heavy atom. The van der Waals surface area contributed by atoms with Gasteiger partial charge in [-0.25, -0.2) is 4.39 Å². The van der Waals surface area contributed by atoms with Gasteiger partial charge in [0, 0.05) is 48.4 Å². The van der Waals surface area contributed by atoms with Gasteiger partial charge in [0.05, 0.1) is 23.1 Å². The van der Waals surface area contributed by atoms with E-state index in [9.17, 15) is 9.18 Å². The molecule has 5 heterocycles. The van der Waals surface area contributed by atoms with Gasteiger partial charge in [0.1, 0.15) is 18.2 Å². The number of pyridine rings is 2. The summed E-state index contributed by atoms with van der Waals surface area (Å²) in [5.74, 6) is 0.0723. The minimum atomic E-state index is -0.389. The topological polar surface area (TPSA) is 52.3 Å². The molecule has 0 spiro atoms. The Balaban J connectivity index is 1.33. The van der Waals surface area contributed by atoms with Crippen molar-refractivity contribution in [3.8, 4) is 11.4 Å². The average molecular weight is 501 g/mol. The number of hydrogen-bond donors (Lipinski definition) is 0. The van der Waals surface area contributed by atoms with Crippen LogP contribution in [0.2, 0.25) is 0 Å². The molecule has 4 aromatic rings. The Morgan fingerprint density at radius 3 is 2.84 bits per heavy atom. The second-order valence-corrected chi connectivity index (χ2v) is 10.4. The Labute approximate surface area is 216 Å². The van der Waals surface area contributed by atoms with E-state index in [4.69, 9.17) is 4.74 Å². The van der Waals surface area contributed by atoms with E-state index in [-0.39, 0.29) is 18.0 Å². The van der Waals surface area contributed by atoms with E-state index < -0.39 is 0 Å². The van der Waals surface area contributed by atoms with Crippen molar-refractivity contribution in [3.63, 3.8) is 0 Å². The van der Waals surface area contributed by atoms with Crippen LogP contribution in [0.15, 0.2) is 59.7 Å². The first-order valence-corrected chi connectivity index (χ1v) is 13.4. The standard InChI is InChI=1S/C30H33FN4O2/c1-3-20(2)35-28-15-24(9-10-26(28)27-18-33-12-5-4-6-23(33)14-29(27)35)34-13-11-25(16-30(34)36)37-19-22-8-7-21(31)17-32-22/h7-11,13,15-17,20,23H,3-6,12,14,18-19H2,1-2H3. The number of benzene rings is 1. The van der Waals surface area contributed by atoms with Crippen molar-refractivity contribution in [3.05, 3.63) is 88.0 Å². The molecule has 0 radical (unpaired) electrons. The van der Waals surface area contributed by atoms with E-state index in [1.54, 1.807) is 22.9 Å². The van der Waals surface area contributed by atoms with Crippen molar-refractivity contribution in [2.45, 2.75) is 71.2 Å². The molecule has 0 N–H and O–H groups in total. The average Bonchev–Trinajstić information content (AvgIpc) is 3.23. The Kier molecular flexibility index (Phi) is 6.32. The van der Waals surface area contributed by atoms with E-state index in [2.05, 4.69) is 46.5 Å². The quantitative estimate of drug-likeness (QED) is 0.336. The normalized spacial score (nSPS) is 18.4. The van der Waals surface area contributed by atoms with E-state index in [1.807, 2.05) is 0 Å². The van der Waals surface area contributed by atoms with Gasteiger partial charge >= 0.3 is 0 Å². The number of halogens is 1. The number of piperidine rings is 1. The Bertz CT molecular complexity index is 1490. The second-order valence-electron chi connectivity index (χ2n) is 10.4. The molecule has 6 nitrogen and oxygen atoms in total. The van der Waals surface area contributed by atoms with Crippen LogP contribution in [0.1, 0.15) is 62.5 Å². The zero-order chi connectivity index (χ0) is 25.5. The summed E-state index contributed by atoms with van der Waals surface area (Å²) in [6.45, 7) is 6.93.